The predicted molar refractivity (Wildman–Crippen MR) is 216 cm³/mol. The smallest absolute Gasteiger partial charge is 0.220 e. The van der Waals surface area contributed by atoms with E-state index in [9.17, 15) is 30.3 Å². The molecule has 0 radical (unpaired) electrons. The van der Waals surface area contributed by atoms with Crippen molar-refractivity contribution in [3.8, 4) is 0 Å². The summed E-state index contributed by atoms with van der Waals surface area (Å²) in [5.41, 5.74) is 0. The zero-order valence-electron chi connectivity index (χ0n) is 32.5. The van der Waals surface area contributed by atoms with Gasteiger partial charge in [0.15, 0.2) is 6.29 Å². The standard InChI is InChI=1S/C44H71NO8/c1-3-5-7-9-11-13-14-15-16-17-18-19-20-21-22-23-24-26-28-30-32-34-40(48)45-37(38(47)33-31-29-27-25-12-10-8-6-4-2)36-52-44-43(51)42(50)41(49)39(35-46)53-44/h4-7,11-13,15-16,18-19,21-22,25,31,33,37-39,41-44,46-47,49-51H,3,8-10,14,17,20,23-24,26-30,32,34-36H2,1-2H3,(H,45,48)/b6-4+,7-5-,13-11-,16-15-,19-18-,22-21-,25-12+,33-31+. The molecular formula is C44H71NO8. The molecule has 0 spiro atoms. The van der Waals surface area contributed by atoms with E-state index in [4.69, 9.17) is 9.47 Å². The van der Waals surface area contributed by atoms with Gasteiger partial charge in [0, 0.05) is 6.42 Å². The summed E-state index contributed by atoms with van der Waals surface area (Å²) in [5, 5.41) is 53.8. The molecule has 7 unspecified atom stereocenters. The average molecular weight is 742 g/mol. The third-order valence-electron chi connectivity index (χ3n) is 8.72. The second-order valence-electron chi connectivity index (χ2n) is 13.3. The number of rotatable bonds is 30. The van der Waals surface area contributed by atoms with Crippen LogP contribution in [0, 0.1) is 0 Å². The van der Waals surface area contributed by atoms with Crippen molar-refractivity contribution in [2.45, 2.75) is 159 Å². The monoisotopic (exact) mass is 742 g/mol. The highest BCUT2D eigenvalue weighted by Gasteiger charge is 2.44. The third-order valence-corrected chi connectivity index (χ3v) is 8.72. The minimum Gasteiger partial charge on any atom is -0.394 e. The van der Waals surface area contributed by atoms with E-state index in [1.807, 2.05) is 19.1 Å². The van der Waals surface area contributed by atoms with Gasteiger partial charge in [0.2, 0.25) is 5.91 Å². The molecule has 0 saturated carbocycles. The summed E-state index contributed by atoms with van der Waals surface area (Å²) in [6.07, 6.45) is 40.4. The quantitative estimate of drug-likeness (QED) is 0.0330. The maximum absolute atomic E-state index is 12.9. The first-order chi connectivity index (χ1) is 25.8. The Hall–Kier alpha value is -2.89. The number of carbonyl (C=O) groups is 1. The Kier molecular flexibility index (Phi) is 30.6. The lowest BCUT2D eigenvalue weighted by Crippen LogP contribution is -2.60. The summed E-state index contributed by atoms with van der Waals surface area (Å²) >= 11 is 0. The summed E-state index contributed by atoms with van der Waals surface area (Å²) in [6, 6.07) is -0.842. The number of carbonyl (C=O) groups excluding carboxylic acids is 1. The molecule has 1 saturated heterocycles. The molecule has 300 valence electrons. The average Bonchev–Trinajstić information content (AvgIpc) is 3.16. The zero-order chi connectivity index (χ0) is 38.8. The van der Waals surface area contributed by atoms with Gasteiger partial charge in [0.25, 0.3) is 0 Å². The van der Waals surface area contributed by atoms with E-state index in [1.54, 1.807) is 6.08 Å². The number of allylic oxidation sites excluding steroid dienone is 15. The zero-order valence-corrected chi connectivity index (χ0v) is 32.5. The number of unbranched alkanes of at least 4 members (excludes halogenated alkanes) is 7. The van der Waals surface area contributed by atoms with E-state index in [0.29, 0.717) is 12.8 Å². The Balaban J connectivity index is 2.39. The summed E-state index contributed by atoms with van der Waals surface area (Å²) in [7, 11) is 0. The third kappa shape index (κ3) is 24.9. The van der Waals surface area contributed by atoms with Crippen LogP contribution in [0.5, 0.6) is 0 Å². The molecule has 6 N–H and O–H groups in total. The van der Waals surface area contributed by atoms with Gasteiger partial charge >= 0.3 is 0 Å². The topological polar surface area (TPSA) is 149 Å². The van der Waals surface area contributed by atoms with Crippen LogP contribution in [0.3, 0.4) is 0 Å². The maximum atomic E-state index is 12.9. The van der Waals surface area contributed by atoms with Crippen molar-refractivity contribution in [2.24, 2.45) is 0 Å². The van der Waals surface area contributed by atoms with Crippen molar-refractivity contribution < 1.29 is 39.8 Å². The van der Waals surface area contributed by atoms with Crippen LogP contribution in [-0.4, -0.2) is 87.5 Å². The van der Waals surface area contributed by atoms with Gasteiger partial charge in [-0.15, -0.1) is 0 Å². The highest BCUT2D eigenvalue weighted by atomic mass is 16.7. The van der Waals surface area contributed by atoms with Crippen LogP contribution < -0.4 is 5.32 Å². The molecule has 0 aromatic heterocycles. The van der Waals surface area contributed by atoms with Gasteiger partial charge in [-0.1, -0.05) is 123 Å². The summed E-state index contributed by atoms with van der Waals surface area (Å²) in [5.74, 6) is -0.220. The van der Waals surface area contributed by atoms with E-state index >= 15 is 0 Å². The molecule has 9 nitrogen and oxygen atoms in total. The molecule has 0 bridgehead atoms. The second-order valence-corrected chi connectivity index (χ2v) is 13.3. The fraction of sp³-hybridized carbons (Fsp3) is 0.614. The number of aliphatic hydroxyl groups is 5. The lowest BCUT2D eigenvalue weighted by atomic mass is 9.99. The van der Waals surface area contributed by atoms with E-state index in [2.05, 4.69) is 91.2 Å². The summed E-state index contributed by atoms with van der Waals surface area (Å²) < 4.78 is 11.1. The molecule has 53 heavy (non-hydrogen) atoms. The first-order valence-electron chi connectivity index (χ1n) is 19.9. The van der Waals surface area contributed by atoms with Gasteiger partial charge in [-0.3, -0.25) is 4.79 Å². The van der Waals surface area contributed by atoms with Gasteiger partial charge in [0.1, 0.15) is 24.4 Å². The van der Waals surface area contributed by atoms with Crippen molar-refractivity contribution in [1.82, 2.24) is 5.32 Å². The van der Waals surface area contributed by atoms with Crippen LogP contribution in [0.25, 0.3) is 0 Å². The number of ether oxygens (including phenoxy) is 2. The SMILES string of the molecule is C/C=C/CC/C=C/CC/C=C/C(O)C(COC1OC(CO)C(O)C(O)C1O)NC(=O)CCCCCCC/C=C\C/C=C\C/C=C\C/C=C\C/C=C\CC. The first kappa shape index (κ1) is 48.1. The molecule has 1 heterocycles. The van der Waals surface area contributed by atoms with Crippen LogP contribution >= 0.6 is 0 Å². The number of aliphatic hydroxyl groups excluding tert-OH is 5. The van der Waals surface area contributed by atoms with Crippen molar-refractivity contribution in [3.05, 3.63) is 97.2 Å². The number of hydrogen-bond acceptors (Lipinski definition) is 8. The largest absolute Gasteiger partial charge is 0.394 e. The van der Waals surface area contributed by atoms with Crippen LogP contribution in [0.15, 0.2) is 97.2 Å². The normalized spacial score (nSPS) is 22.7. The van der Waals surface area contributed by atoms with Gasteiger partial charge in [-0.05, 0) is 84.0 Å². The van der Waals surface area contributed by atoms with Crippen molar-refractivity contribution in [1.29, 1.82) is 0 Å². The van der Waals surface area contributed by atoms with Crippen LogP contribution in [0.4, 0.5) is 0 Å². The fourth-order valence-corrected chi connectivity index (χ4v) is 5.51. The molecule has 0 aromatic carbocycles. The van der Waals surface area contributed by atoms with Gasteiger partial charge < -0.3 is 40.3 Å². The highest BCUT2D eigenvalue weighted by molar-refractivity contribution is 5.76. The molecular weight excluding hydrogens is 670 g/mol. The van der Waals surface area contributed by atoms with Gasteiger partial charge in [0.05, 0.1) is 25.4 Å². The lowest BCUT2D eigenvalue weighted by Gasteiger charge is -2.40. The Morgan fingerprint density at radius 2 is 1.21 bits per heavy atom. The number of amides is 1. The fourth-order valence-electron chi connectivity index (χ4n) is 5.51. The van der Waals surface area contributed by atoms with Crippen LogP contribution in [0.2, 0.25) is 0 Å². The van der Waals surface area contributed by atoms with E-state index in [-0.39, 0.29) is 12.5 Å². The van der Waals surface area contributed by atoms with E-state index in [1.165, 1.54) is 0 Å². The molecule has 1 amide bonds. The molecule has 1 aliphatic heterocycles. The van der Waals surface area contributed by atoms with E-state index < -0.39 is 49.5 Å². The molecule has 0 aromatic rings. The Morgan fingerprint density at radius 1 is 0.679 bits per heavy atom. The minimum absolute atomic E-state index is 0.220. The van der Waals surface area contributed by atoms with Crippen LogP contribution in [-0.2, 0) is 14.3 Å². The van der Waals surface area contributed by atoms with E-state index in [0.717, 1.165) is 89.9 Å². The molecule has 1 fully saturated rings. The second kappa shape index (κ2) is 33.7. The lowest BCUT2D eigenvalue weighted by molar-refractivity contribution is -0.302. The maximum Gasteiger partial charge on any atom is 0.220 e. The Morgan fingerprint density at radius 3 is 1.81 bits per heavy atom. The minimum atomic E-state index is -1.58. The van der Waals surface area contributed by atoms with Crippen LogP contribution in [0.1, 0.15) is 117 Å². The molecule has 0 aliphatic carbocycles. The van der Waals surface area contributed by atoms with Crippen molar-refractivity contribution in [3.63, 3.8) is 0 Å². The summed E-state index contributed by atoms with van der Waals surface area (Å²) in [6.45, 7) is 3.35. The number of nitrogens with one attached hydrogen (secondary N) is 1. The predicted octanol–water partition coefficient (Wildman–Crippen LogP) is 7.38. The Labute approximate surface area is 320 Å². The molecule has 1 rings (SSSR count). The molecule has 9 heteroatoms. The van der Waals surface area contributed by atoms with Crippen molar-refractivity contribution >= 4 is 5.91 Å². The summed E-state index contributed by atoms with van der Waals surface area (Å²) in [4.78, 5) is 12.9. The van der Waals surface area contributed by atoms with Gasteiger partial charge in [-0.25, -0.2) is 0 Å². The number of hydrogen-bond donors (Lipinski definition) is 6. The first-order valence-corrected chi connectivity index (χ1v) is 19.9. The highest BCUT2D eigenvalue weighted by Crippen LogP contribution is 2.22. The van der Waals surface area contributed by atoms with Gasteiger partial charge in [-0.2, -0.15) is 0 Å². The molecule has 7 atom stereocenters. The Bertz CT molecular complexity index is 1140. The van der Waals surface area contributed by atoms with Crippen molar-refractivity contribution in [2.75, 3.05) is 13.2 Å². The molecule has 1 aliphatic rings.